The summed E-state index contributed by atoms with van der Waals surface area (Å²) in [6.07, 6.45) is -5.37. The number of hydrogen-bond donors (Lipinski definition) is 0. The van der Waals surface area contributed by atoms with Crippen LogP contribution in [0.25, 0.3) is 5.53 Å². The minimum atomic E-state index is -5.37. The molecule has 1 saturated heterocycles. The van der Waals surface area contributed by atoms with Gasteiger partial charge in [-0.05, 0) is 48.5 Å². The highest BCUT2D eigenvalue weighted by Gasteiger charge is 2.58. The number of carbonyl (C=O) groups excluding carboxylic acids is 1. The minimum Gasteiger partial charge on any atom is -0.451 e. The van der Waals surface area contributed by atoms with Crippen LogP contribution in [0.1, 0.15) is 48.5 Å². The lowest BCUT2D eigenvalue weighted by Crippen LogP contribution is -2.41. The topological polar surface area (TPSA) is 81.2 Å². The second-order valence-corrected chi connectivity index (χ2v) is 7.76. The molecule has 11 heteroatoms. The average Bonchev–Trinajstić information content (AvgIpc) is 2.60. The van der Waals surface area contributed by atoms with E-state index in [1.165, 1.54) is 48.5 Å². The highest BCUT2D eigenvalue weighted by Crippen LogP contribution is 2.41. The summed E-state index contributed by atoms with van der Waals surface area (Å²) in [5, 5.41) is 0. The molecular formula is C15H21BF4N2O4. The Morgan fingerprint density at radius 1 is 1.08 bits per heavy atom. The molecule has 0 bridgehead atoms. The predicted molar refractivity (Wildman–Crippen MR) is 84.7 cm³/mol. The van der Waals surface area contributed by atoms with Crippen molar-refractivity contribution in [3.8, 4) is 0 Å². The molecule has 0 aromatic carbocycles. The molecule has 0 aliphatic carbocycles. The van der Waals surface area contributed by atoms with Gasteiger partial charge in [-0.15, -0.1) is 0 Å². The van der Waals surface area contributed by atoms with Crippen LogP contribution in [0, 0.1) is 0 Å². The smallest absolute Gasteiger partial charge is 0.451 e. The fourth-order valence-electron chi connectivity index (χ4n) is 1.97. The van der Waals surface area contributed by atoms with Crippen LogP contribution in [-0.2, 0) is 18.8 Å². The first-order valence-corrected chi connectivity index (χ1v) is 7.71. The van der Waals surface area contributed by atoms with Gasteiger partial charge in [-0.2, -0.15) is 18.0 Å². The minimum absolute atomic E-state index is 1.12. The Hall–Kier alpha value is -1.71. The lowest BCUT2D eigenvalue weighted by molar-refractivity contribution is -0.152. The van der Waals surface area contributed by atoms with Crippen LogP contribution in [0.2, 0.25) is 0 Å². The second kappa shape index (κ2) is 6.79. The van der Waals surface area contributed by atoms with Crippen molar-refractivity contribution in [2.45, 2.75) is 71.4 Å². The number of nitrogens with zero attached hydrogens (tertiary/aromatic N) is 2. The van der Waals surface area contributed by atoms with Gasteiger partial charge in [0.15, 0.2) is 11.3 Å². The Balaban J connectivity index is 3.44. The van der Waals surface area contributed by atoms with E-state index in [1.807, 2.05) is 0 Å². The molecule has 1 fully saturated rings. The highest BCUT2D eigenvalue weighted by atomic mass is 19.4. The van der Waals surface area contributed by atoms with Crippen LogP contribution in [0.4, 0.5) is 17.6 Å². The third kappa shape index (κ3) is 4.72. The molecule has 0 aromatic heterocycles. The van der Waals surface area contributed by atoms with Gasteiger partial charge in [0, 0.05) is 0 Å². The van der Waals surface area contributed by atoms with Crippen molar-refractivity contribution in [2.75, 3.05) is 0 Å². The Morgan fingerprint density at radius 3 is 1.81 bits per heavy atom. The van der Waals surface area contributed by atoms with E-state index in [0.29, 0.717) is 0 Å². The summed E-state index contributed by atoms with van der Waals surface area (Å²) in [5.41, 5.74) is -0.174. The van der Waals surface area contributed by atoms with Gasteiger partial charge in [0.25, 0.3) is 0 Å². The first-order chi connectivity index (χ1) is 11.4. The van der Waals surface area contributed by atoms with Crippen molar-refractivity contribution in [3.05, 3.63) is 16.8 Å². The molecule has 0 radical (unpaired) electrons. The fraction of sp³-hybridized carbons (Fsp3) is 0.733. The Bertz CT molecular complexity index is 658. The Morgan fingerprint density at radius 2 is 1.50 bits per heavy atom. The first-order valence-electron chi connectivity index (χ1n) is 7.71. The number of esters is 1. The number of carbonyl (C=O) groups is 1. The maximum atomic E-state index is 14.7. The molecule has 1 heterocycles. The standard InChI is InChI=1S/C15H21BF4N2O4/c1-12(2,3)24-11(23)9(22-21)8(15(18,19)20)10(17)16-25-13(4,5)14(6,7)26-16/h1-7H3. The van der Waals surface area contributed by atoms with Crippen LogP contribution in [-0.4, -0.2) is 46.6 Å². The molecule has 1 aliphatic heterocycles. The van der Waals surface area contributed by atoms with Crippen LogP contribution in [0.3, 0.4) is 0 Å². The van der Waals surface area contributed by atoms with E-state index in [2.05, 4.69) is 4.79 Å². The number of alkyl halides is 3. The summed E-state index contributed by atoms with van der Waals surface area (Å²) < 4.78 is 70.2. The summed E-state index contributed by atoms with van der Waals surface area (Å²) in [5.74, 6) is -1.64. The molecule has 1 aliphatic rings. The molecule has 26 heavy (non-hydrogen) atoms. The van der Waals surface area contributed by atoms with Gasteiger partial charge in [-0.1, -0.05) is 0 Å². The van der Waals surface area contributed by atoms with Gasteiger partial charge < -0.3 is 19.6 Å². The number of halogens is 4. The Kier molecular flexibility index (Phi) is 5.83. The van der Waals surface area contributed by atoms with Gasteiger partial charge in [0.1, 0.15) is 5.60 Å². The zero-order chi connectivity index (χ0) is 20.7. The molecule has 0 aromatic rings. The molecule has 0 saturated carbocycles. The molecule has 1 rings (SSSR count). The average molecular weight is 380 g/mol. The molecule has 0 N–H and O–H groups in total. The number of hydrogen-bond acceptors (Lipinski definition) is 4. The molecule has 0 spiro atoms. The van der Waals surface area contributed by atoms with Crippen molar-refractivity contribution in [1.82, 2.24) is 0 Å². The van der Waals surface area contributed by atoms with Crippen molar-refractivity contribution in [3.63, 3.8) is 0 Å². The van der Waals surface area contributed by atoms with E-state index < -0.39 is 53.1 Å². The molecule has 6 nitrogen and oxygen atoms in total. The lowest BCUT2D eigenvalue weighted by atomic mass is 9.83. The van der Waals surface area contributed by atoms with E-state index in [0.717, 1.165) is 0 Å². The van der Waals surface area contributed by atoms with Crippen LogP contribution < -0.4 is 0 Å². The summed E-state index contributed by atoms with van der Waals surface area (Å²) in [4.78, 5) is 14.3. The summed E-state index contributed by atoms with van der Waals surface area (Å²) in [6.45, 7) is 10.2. The van der Waals surface area contributed by atoms with Crippen molar-refractivity contribution >= 4 is 18.8 Å². The maximum absolute atomic E-state index is 14.7. The van der Waals surface area contributed by atoms with Crippen LogP contribution in [0.5, 0.6) is 0 Å². The molecule has 0 unspecified atom stereocenters. The third-order valence-electron chi connectivity index (χ3n) is 3.91. The predicted octanol–water partition coefficient (Wildman–Crippen LogP) is 3.42. The van der Waals surface area contributed by atoms with Gasteiger partial charge in [-0.25, -0.2) is 9.18 Å². The molecule has 0 amide bonds. The van der Waals surface area contributed by atoms with Crippen molar-refractivity contribution < 1.29 is 41.2 Å². The summed E-state index contributed by atoms with van der Waals surface area (Å²) in [6, 6.07) is 0. The third-order valence-corrected chi connectivity index (χ3v) is 3.91. The monoisotopic (exact) mass is 380 g/mol. The normalized spacial score (nSPS) is 20.3. The number of rotatable bonds is 3. The first kappa shape index (κ1) is 22.3. The Labute approximate surface area is 149 Å². The second-order valence-electron chi connectivity index (χ2n) is 7.76. The number of ether oxygens (including phenoxy) is 1. The zero-order valence-corrected chi connectivity index (χ0v) is 15.6. The van der Waals surface area contributed by atoms with Crippen molar-refractivity contribution in [2.24, 2.45) is 0 Å². The largest absolute Gasteiger partial charge is 0.526 e. The van der Waals surface area contributed by atoms with Crippen LogP contribution >= 0.6 is 0 Å². The van der Waals surface area contributed by atoms with Crippen LogP contribution in [0.15, 0.2) is 11.3 Å². The van der Waals surface area contributed by atoms with E-state index in [4.69, 9.17) is 19.6 Å². The molecule has 146 valence electrons. The molecule has 0 atom stereocenters. The quantitative estimate of drug-likeness (QED) is 0.188. The van der Waals surface area contributed by atoms with Gasteiger partial charge in [-0.3, -0.25) is 0 Å². The summed E-state index contributed by atoms with van der Waals surface area (Å²) >= 11 is 0. The highest BCUT2D eigenvalue weighted by molar-refractivity contribution is 6.56. The maximum Gasteiger partial charge on any atom is 0.526 e. The van der Waals surface area contributed by atoms with Crippen molar-refractivity contribution in [1.29, 1.82) is 0 Å². The fourth-order valence-corrected chi connectivity index (χ4v) is 1.97. The zero-order valence-electron chi connectivity index (χ0n) is 15.6. The van der Waals surface area contributed by atoms with E-state index >= 15 is 0 Å². The SMILES string of the molecule is CC(C)(C)OC(=O)C(=[N+]=[N-])C(=C(F)B1OC(C)(C)C(C)(C)O1)C(F)(F)F. The molecular weight excluding hydrogens is 359 g/mol. The lowest BCUT2D eigenvalue weighted by Gasteiger charge is -2.32. The van der Waals surface area contributed by atoms with E-state index in [9.17, 15) is 22.4 Å². The summed E-state index contributed by atoms with van der Waals surface area (Å²) in [7, 11) is -2.03. The van der Waals surface area contributed by atoms with E-state index in [1.54, 1.807) is 0 Å². The van der Waals surface area contributed by atoms with Gasteiger partial charge in [0.2, 0.25) is 0 Å². The van der Waals surface area contributed by atoms with Gasteiger partial charge >= 0.3 is 25.0 Å². The van der Waals surface area contributed by atoms with E-state index in [-0.39, 0.29) is 0 Å². The van der Waals surface area contributed by atoms with Gasteiger partial charge in [0.05, 0.1) is 11.2 Å².